The van der Waals surface area contributed by atoms with Crippen molar-refractivity contribution in [3.8, 4) is 5.75 Å². The molecule has 0 aliphatic carbocycles. The molecule has 2 fully saturated rings. The van der Waals surface area contributed by atoms with E-state index in [1.54, 1.807) is 4.72 Å². The molecule has 2 saturated heterocycles. The van der Waals surface area contributed by atoms with E-state index >= 15 is 0 Å². The molecule has 3 rings (SSSR count). The van der Waals surface area contributed by atoms with Gasteiger partial charge >= 0.3 is 10.2 Å². The number of aromatic hydroxyl groups is 1. The standard InChI is InChI=1S/C16H22FN3O4S/c1-19-5-2-3-11(4-6-19)7-12-8-13(17)16(14(21)9-12)20-10-15(22)18-25(20,23)24/h8-9,11,21H,2-7,10H2,1H3,(H,18,22). The topological polar surface area (TPSA) is 89.9 Å². The third-order valence-corrected chi connectivity index (χ3v) is 6.15. The van der Waals surface area contributed by atoms with Crippen molar-refractivity contribution in [3.05, 3.63) is 23.5 Å². The number of rotatable bonds is 3. The highest BCUT2D eigenvalue weighted by atomic mass is 32.2. The van der Waals surface area contributed by atoms with E-state index < -0.39 is 39.9 Å². The van der Waals surface area contributed by atoms with Crippen LogP contribution in [-0.4, -0.2) is 51.0 Å². The van der Waals surface area contributed by atoms with E-state index in [1.807, 2.05) is 0 Å². The van der Waals surface area contributed by atoms with Crippen molar-refractivity contribution in [2.45, 2.75) is 25.7 Å². The van der Waals surface area contributed by atoms with Crippen LogP contribution in [0.3, 0.4) is 0 Å². The first-order valence-corrected chi connectivity index (χ1v) is 9.73. The fourth-order valence-corrected chi connectivity index (χ4v) is 4.67. The Labute approximate surface area is 146 Å². The number of phenolic OH excluding ortho intramolecular Hbond substituents is 1. The SMILES string of the molecule is CN1CCCC(Cc2cc(O)c(N3CC(=O)NS3(=O)=O)c(F)c2)CC1. The largest absolute Gasteiger partial charge is 0.506 e. The zero-order valence-corrected chi connectivity index (χ0v) is 14.9. The smallest absolute Gasteiger partial charge is 0.326 e. The molecule has 0 aromatic heterocycles. The highest BCUT2D eigenvalue weighted by molar-refractivity contribution is 7.92. The van der Waals surface area contributed by atoms with Crippen LogP contribution in [-0.2, 0) is 21.4 Å². The second kappa shape index (κ2) is 6.80. The van der Waals surface area contributed by atoms with E-state index in [-0.39, 0.29) is 0 Å². The van der Waals surface area contributed by atoms with E-state index in [9.17, 15) is 22.7 Å². The Morgan fingerprint density at radius 3 is 2.72 bits per heavy atom. The zero-order chi connectivity index (χ0) is 18.2. The number of nitrogens with zero attached hydrogens (tertiary/aromatic N) is 2. The van der Waals surface area contributed by atoms with Gasteiger partial charge < -0.3 is 10.0 Å². The Bertz CT molecular complexity index is 761. The molecule has 1 aromatic rings. The molecule has 1 aromatic carbocycles. The molecule has 0 bridgehead atoms. The number of carbonyl (C=O) groups excluding carboxylic acids is 1. The number of carbonyl (C=O) groups is 1. The molecular formula is C16H22FN3O4S. The molecule has 0 radical (unpaired) electrons. The zero-order valence-electron chi connectivity index (χ0n) is 14.0. The predicted molar refractivity (Wildman–Crippen MR) is 91.0 cm³/mol. The van der Waals surface area contributed by atoms with Crippen LogP contribution in [0.5, 0.6) is 5.75 Å². The van der Waals surface area contributed by atoms with Crippen LogP contribution in [0, 0.1) is 11.7 Å². The number of likely N-dealkylation sites (tertiary alicyclic amines) is 1. The van der Waals surface area contributed by atoms with Gasteiger partial charge in [-0.2, -0.15) is 8.42 Å². The summed E-state index contributed by atoms with van der Waals surface area (Å²) in [7, 11) is -2.08. The van der Waals surface area contributed by atoms with Crippen LogP contribution in [0.4, 0.5) is 10.1 Å². The lowest BCUT2D eigenvalue weighted by Crippen LogP contribution is -2.30. The first kappa shape index (κ1) is 17.9. The second-order valence-electron chi connectivity index (χ2n) is 6.79. The number of hydrogen-bond acceptors (Lipinski definition) is 5. The number of anilines is 1. The van der Waals surface area contributed by atoms with Crippen molar-refractivity contribution in [2.24, 2.45) is 5.92 Å². The van der Waals surface area contributed by atoms with Gasteiger partial charge in [0.15, 0.2) is 5.82 Å². The van der Waals surface area contributed by atoms with Crippen LogP contribution >= 0.6 is 0 Å². The van der Waals surface area contributed by atoms with Crippen LogP contribution in [0.1, 0.15) is 24.8 Å². The van der Waals surface area contributed by atoms with Crippen molar-refractivity contribution in [3.63, 3.8) is 0 Å². The number of phenols is 1. The number of benzene rings is 1. The molecule has 1 atom stereocenters. The molecule has 2 heterocycles. The van der Waals surface area contributed by atoms with Gasteiger partial charge in [0.05, 0.1) is 0 Å². The van der Waals surface area contributed by atoms with E-state index in [0.717, 1.165) is 32.4 Å². The summed E-state index contributed by atoms with van der Waals surface area (Å²) in [5, 5.41) is 10.2. The Balaban J connectivity index is 1.82. The molecule has 1 amide bonds. The van der Waals surface area contributed by atoms with Crippen LogP contribution in [0.25, 0.3) is 0 Å². The number of amides is 1. The van der Waals surface area contributed by atoms with Crippen molar-refractivity contribution < 1.29 is 22.7 Å². The summed E-state index contributed by atoms with van der Waals surface area (Å²) in [5.41, 5.74) is 0.145. The summed E-state index contributed by atoms with van der Waals surface area (Å²) in [5.74, 6) is -1.68. The lowest BCUT2D eigenvalue weighted by molar-refractivity contribution is -0.117. The van der Waals surface area contributed by atoms with E-state index in [4.69, 9.17) is 0 Å². The van der Waals surface area contributed by atoms with Gasteiger partial charge in [-0.1, -0.05) is 0 Å². The maximum atomic E-state index is 14.5. The molecule has 2 aliphatic rings. The third kappa shape index (κ3) is 3.87. The Morgan fingerprint density at radius 2 is 2.08 bits per heavy atom. The third-order valence-electron chi connectivity index (χ3n) is 4.77. The highest BCUT2D eigenvalue weighted by Gasteiger charge is 2.37. The fraction of sp³-hybridized carbons (Fsp3) is 0.562. The van der Waals surface area contributed by atoms with Gasteiger partial charge in [0, 0.05) is 0 Å². The molecule has 2 N–H and O–H groups in total. The highest BCUT2D eigenvalue weighted by Crippen LogP contribution is 2.35. The van der Waals surface area contributed by atoms with Gasteiger partial charge in [0.2, 0.25) is 0 Å². The van der Waals surface area contributed by atoms with Crippen LogP contribution in [0.2, 0.25) is 0 Å². The van der Waals surface area contributed by atoms with Crippen molar-refractivity contribution >= 4 is 21.8 Å². The molecule has 138 valence electrons. The summed E-state index contributed by atoms with van der Waals surface area (Å²) in [6.45, 7) is 1.49. The minimum absolute atomic E-state index is 0.397. The second-order valence-corrected chi connectivity index (χ2v) is 8.38. The van der Waals surface area contributed by atoms with Crippen molar-refractivity contribution in [1.82, 2.24) is 9.62 Å². The first-order valence-electron chi connectivity index (χ1n) is 8.29. The summed E-state index contributed by atoms with van der Waals surface area (Å²) in [6.07, 6.45) is 3.74. The fourth-order valence-electron chi connectivity index (χ4n) is 3.50. The minimum atomic E-state index is -4.16. The van der Waals surface area contributed by atoms with Crippen molar-refractivity contribution in [2.75, 3.05) is 31.0 Å². The molecular weight excluding hydrogens is 349 g/mol. The lowest BCUT2D eigenvalue weighted by atomic mass is 9.92. The van der Waals surface area contributed by atoms with Crippen molar-refractivity contribution in [1.29, 1.82) is 0 Å². The summed E-state index contributed by atoms with van der Waals surface area (Å²) >= 11 is 0. The molecule has 0 spiro atoms. The summed E-state index contributed by atoms with van der Waals surface area (Å²) in [6, 6.07) is 2.65. The quantitative estimate of drug-likeness (QED) is 0.827. The van der Waals surface area contributed by atoms with Crippen LogP contribution < -0.4 is 9.03 Å². The summed E-state index contributed by atoms with van der Waals surface area (Å²) in [4.78, 5) is 13.6. The minimum Gasteiger partial charge on any atom is -0.506 e. The average Bonchev–Trinajstić information content (AvgIpc) is 2.65. The maximum absolute atomic E-state index is 14.5. The monoisotopic (exact) mass is 371 g/mol. The van der Waals surface area contributed by atoms with E-state index in [0.29, 0.717) is 22.2 Å². The molecule has 2 aliphatic heterocycles. The van der Waals surface area contributed by atoms with E-state index in [2.05, 4.69) is 11.9 Å². The lowest BCUT2D eigenvalue weighted by Gasteiger charge is -2.19. The number of hydrogen-bond donors (Lipinski definition) is 2. The molecule has 1 unspecified atom stereocenters. The summed E-state index contributed by atoms with van der Waals surface area (Å²) < 4.78 is 40.6. The molecule has 25 heavy (non-hydrogen) atoms. The Morgan fingerprint density at radius 1 is 1.32 bits per heavy atom. The van der Waals surface area contributed by atoms with Gasteiger partial charge in [-0.3, -0.25) is 4.79 Å². The van der Waals surface area contributed by atoms with Gasteiger partial charge in [0.1, 0.15) is 18.0 Å². The van der Waals surface area contributed by atoms with E-state index in [1.165, 1.54) is 12.1 Å². The Kier molecular flexibility index (Phi) is 4.88. The molecule has 9 heteroatoms. The first-order chi connectivity index (χ1) is 11.8. The predicted octanol–water partition coefficient (Wildman–Crippen LogP) is 0.987. The van der Waals surface area contributed by atoms with Gasteiger partial charge in [-0.25, -0.2) is 13.4 Å². The average molecular weight is 371 g/mol. The number of halogens is 1. The number of nitrogens with one attached hydrogen (secondary N) is 1. The van der Waals surface area contributed by atoms with Gasteiger partial charge in [-0.15, -0.1) is 0 Å². The molecule has 7 nitrogen and oxygen atoms in total. The Hall–Kier alpha value is -1.87. The van der Waals surface area contributed by atoms with Gasteiger partial charge in [-0.05, 0) is 69.4 Å². The maximum Gasteiger partial charge on any atom is 0.326 e. The van der Waals surface area contributed by atoms with Gasteiger partial charge in [0.25, 0.3) is 5.91 Å². The normalized spacial score (nSPS) is 24.2. The van der Waals surface area contributed by atoms with Crippen LogP contribution in [0.15, 0.2) is 12.1 Å². The molecule has 0 saturated carbocycles.